The second-order valence-corrected chi connectivity index (χ2v) is 9.00. The number of Topliss-reactive ketones (excluding diaryl/α,β-unsaturated/α-hetero) is 1. The summed E-state index contributed by atoms with van der Waals surface area (Å²) in [6, 6.07) is 8.95. The number of hydrogen-bond donors (Lipinski definition) is 0. The Morgan fingerprint density at radius 3 is 2.38 bits per heavy atom. The Morgan fingerprint density at radius 2 is 1.83 bits per heavy atom. The van der Waals surface area contributed by atoms with E-state index < -0.39 is 0 Å². The maximum absolute atomic E-state index is 13.4. The van der Waals surface area contributed by atoms with Gasteiger partial charge in [-0.15, -0.1) is 0 Å². The molecule has 1 aliphatic carbocycles. The number of rotatable bonds is 9. The summed E-state index contributed by atoms with van der Waals surface area (Å²) in [6.07, 6.45) is 7.06. The van der Waals surface area contributed by atoms with Crippen molar-refractivity contribution in [3.05, 3.63) is 58.2 Å². The molecule has 2 heteroatoms. The monoisotopic (exact) mass is 395 g/mol. The van der Waals surface area contributed by atoms with Crippen molar-refractivity contribution < 1.29 is 6.22 Å². The van der Waals surface area contributed by atoms with Gasteiger partial charge in [-0.2, -0.15) is 0 Å². The molecule has 2 nitrogen and oxygen atoms in total. The Morgan fingerprint density at radius 1 is 1.21 bits per heavy atom. The number of unbranched alkanes of at least 4 members (excludes halogenated alkanes) is 1. The molecule has 0 heterocycles. The molecule has 0 saturated carbocycles. The van der Waals surface area contributed by atoms with Crippen LogP contribution in [0.4, 0.5) is 0 Å². The fourth-order valence-corrected chi connectivity index (χ4v) is 4.32. The zero-order valence-corrected chi connectivity index (χ0v) is 19.5. The van der Waals surface area contributed by atoms with Crippen LogP contribution in [0.2, 0.25) is 0 Å². The van der Waals surface area contributed by atoms with Gasteiger partial charge in [-0.1, -0.05) is 70.4 Å². The van der Waals surface area contributed by atoms with Crippen molar-refractivity contribution in [1.29, 1.82) is 0 Å². The van der Waals surface area contributed by atoms with Gasteiger partial charge in [0.05, 0.1) is 0 Å². The van der Waals surface area contributed by atoms with Crippen LogP contribution in [0.3, 0.4) is 0 Å². The number of benzene rings is 1. The number of ketones is 1. The fourth-order valence-electron chi connectivity index (χ4n) is 4.32. The first-order valence-electron chi connectivity index (χ1n) is 11.3. The van der Waals surface area contributed by atoms with E-state index in [1.54, 1.807) is 0 Å². The molecular weight excluding hydrogens is 354 g/mol. The van der Waals surface area contributed by atoms with Gasteiger partial charge in [0, 0.05) is 20.6 Å². The highest BCUT2D eigenvalue weighted by atomic mass is 16.1. The van der Waals surface area contributed by atoms with Gasteiger partial charge in [-0.25, -0.2) is 0 Å². The van der Waals surface area contributed by atoms with E-state index in [1.807, 2.05) is 14.0 Å². The first-order valence-corrected chi connectivity index (χ1v) is 11.3. The number of nitrogens with zero attached hydrogens (tertiary/aromatic N) is 1. The van der Waals surface area contributed by atoms with Crippen molar-refractivity contribution >= 4 is 11.5 Å². The first kappa shape index (κ1) is 23.3. The van der Waals surface area contributed by atoms with E-state index in [0.717, 1.165) is 42.5 Å². The Balaban J connectivity index is 0.00000450. The molecular formula is C27H41NO. The molecule has 2 rings (SSSR count). The van der Waals surface area contributed by atoms with Crippen molar-refractivity contribution in [3.63, 3.8) is 0 Å². The third-order valence-corrected chi connectivity index (χ3v) is 6.36. The average Bonchev–Trinajstić information content (AvgIpc) is 2.70. The van der Waals surface area contributed by atoms with Crippen LogP contribution in [0, 0.1) is 5.92 Å². The number of carbonyl (C=O) groups excluding carboxylic acids is 1. The summed E-state index contributed by atoms with van der Waals surface area (Å²) in [5, 5.41) is 0. The van der Waals surface area contributed by atoms with E-state index in [9.17, 15) is 4.79 Å². The number of hydrogen-bond acceptors (Lipinski definition) is 2. The summed E-state index contributed by atoms with van der Waals surface area (Å²) in [5.41, 5.74) is 7.15. The van der Waals surface area contributed by atoms with Crippen LogP contribution in [0.15, 0.2) is 52.1 Å². The molecule has 0 radical (unpaired) electrons. The summed E-state index contributed by atoms with van der Waals surface area (Å²) in [4.78, 5) is 17.7. The normalized spacial score (nSPS) is 18.8. The highest BCUT2D eigenvalue weighted by Gasteiger charge is 2.26. The van der Waals surface area contributed by atoms with Crippen molar-refractivity contribution in [2.75, 3.05) is 7.05 Å². The molecule has 1 unspecified atom stereocenters. The number of carbonyl (C=O) groups is 1. The van der Waals surface area contributed by atoms with E-state index >= 15 is 0 Å². The summed E-state index contributed by atoms with van der Waals surface area (Å²) in [5.74, 6) is 1.42. The van der Waals surface area contributed by atoms with Gasteiger partial charge >= 0.3 is 0 Å². The molecule has 0 saturated heterocycles. The molecule has 0 spiro atoms. The minimum atomic E-state index is 0. The molecule has 160 valence electrons. The lowest BCUT2D eigenvalue weighted by Gasteiger charge is -2.25. The maximum Gasteiger partial charge on any atom is 0.159 e. The second kappa shape index (κ2) is 10.7. The highest BCUT2D eigenvalue weighted by Crippen LogP contribution is 2.34. The lowest BCUT2D eigenvalue weighted by atomic mass is 9.79. The van der Waals surface area contributed by atoms with Crippen LogP contribution in [-0.2, 0) is 4.79 Å². The molecule has 0 amide bonds. The van der Waals surface area contributed by atoms with Gasteiger partial charge < -0.3 is 0 Å². The number of allylic oxidation sites excluding steroid dienone is 4. The fraction of sp³-hybridized carbons (Fsp3) is 0.556. The topological polar surface area (TPSA) is 29.4 Å². The van der Waals surface area contributed by atoms with Crippen molar-refractivity contribution in [2.24, 2.45) is 10.9 Å². The van der Waals surface area contributed by atoms with Gasteiger partial charge in [0.2, 0.25) is 0 Å². The molecule has 2 atom stereocenters. The highest BCUT2D eigenvalue weighted by molar-refractivity contribution is 6.05. The first-order chi connectivity index (χ1) is 13.8. The molecule has 0 aromatic heterocycles. The molecule has 0 aliphatic heterocycles. The van der Waals surface area contributed by atoms with E-state index in [2.05, 4.69) is 70.0 Å². The van der Waals surface area contributed by atoms with Gasteiger partial charge in [0.15, 0.2) is 5.78 Å². The van der Waals surface area contributed by atoms with E-state index in [0.29, 0.717) is 24.0 Å². The largest absolute Gasteiger partial charge is 0.295 e. The van der Waals surface area contributed by atoms with E-state index in [1.165, 1.54) is 16.7 Å². The molecule has 29 heavy (non-hydrogen) atoms. The maximum atomic E-state index is 13.4. The zero-order valence-electron chi connectivity index (χ0n) is 19.5. The minimum Gasteiger partial charge on any atom is -0.295 e. The quantitative estimate of drug-likeness (QED) is 0.394. The summed E-state index contributed by atoms with van der Waals surface area (Å²) >= 11 is 0. The SMILES string of the molecule is CCCC[C@H](CC(=O)C1=CC(C(C)=NC)=C(C)CC1C)c1ccc(C(C)C)cc1.[HH]. The summed E-state index contributed by atoms with van der Waals surface area (Å²) in [7, 11) is 1.82. The van der Waals surface area contributed by atoms with Crippen LogP contribution in [0.5, 0.6) is 0 Å². The van der Waals surface area contributed by atoms with Crippen molar-refractivity contribution in [1.82, 2.24) is 0 Å². The Bertz CT molecular complexity index is 799. The standard InChI is InChI=1S/C27H39NO.H2/c1-8-9-10-24(23-13-11-22(12-14-23)18(2)3)16-27(29)26-17-25(21(6)28-7)19(4)15-20(26)5;/h11-14,17-18,20,24H,8-10,15-16H2,1-7H3;1H/t20?,24-;/m1./s1. The zero-order chi connectivity index (χ0) is 21.6. The molecule has 0 fully saturated rings. The van der Waals surface area contributed by atoms with Crippen LogP contribution in [-0.4, -0.2) is 18.5 Å². The van der Waals surface area contributed by atoms with Crippen LogP contribution >= 0.6 is 0 Å². The smallest absolute Gasteiger partial charge is 0.159 e. The van der Waals surface area contributed by atoms with E-state index in [-0.39, 0.29) is 7.34 Å². The van der Waals surface area contributed by atoms with Crippen molar-refractivity contribution in [2.45, 2.75) is 85.5 Å². The van der Waals surface area contributed by atoms with Crippen LogP contribution < -0.4 is 0 Å². The molecule has 1 aromatic carbocycles. The molecule has 0 N–H and O–H groups in total. The average molecular weight is 396 g/mol. The lowest BCUT2D eigenvalue weighted by molar-refractivity contribution is -0.116. The van der Waals surface area contributed by atoms with Gasteiger partial charge in [-0.05, 0) is 72.8 Å². The summed E-state index contributed by atoms with van der Waals surface area (Å²) in [6.45, 7) is 13.0. The summed E-state index contributed by atoms with van der Waals surface area (Å²) < 4.78 is 0. The predicted octanol–water partition coefficient (Wildman–Crippen LogP) is 7.66. The van der Waals surface area contributed by atoms with Gasteiger partial charge in [-0.3, -0.25) is 9.79 Å². The third-order valence-electron chi connectivity index (χ3n) is 6.36. The third kappa shape index (κ3) is 6.01. The predicted molar refractivity (Wildman–Crippen MR) is 128 cm³/mol. The van der Waals surface area contributed by atoms with E-state index in [4.69, 9.17) is 0 Å². The Labute approximate surface area is 179 Å². The van der Waals surface area contributed by atoms with Gasteiger partial charge in [0.1, 0.15) is 0 Å². The van der Waals surface area contributed by atoms with Gasteiger partial charge in [0.25, 0.3) is 0 Å². The lowest BCUT2D eigenvalue weighted by Crippen LogP contribution is -2.19. The minimum absolute atomic E-state index is 0. The Hall–Kier alpha value is -1.96. The number of aliphatic imine (C=N–C) groups is 1. The molecule has 1 aromatic rings. The molecule has 1 aliphatic rings. The van der Waals surface area contributed by atoms with Crippen LogP contribution in [0.1, 0.15) is 98.0 Å². The van der Waals surface area contributed by atoms with Crippen molar-refractivity contribution in [3.8, 4) is 0 Å². The van der Waals surface area contributed by atoms with Crippen LogP contribution in [0.25, 0.3) is 0 Å². The molecule has 0 bridgehead atoms. The Kier molecular flexibility index (Phi) is 8.61. The second-order valence-electron chi connectivity index (χ2n) is 9.00.